The Bertz CT molecular complexity index is 2280. The summed E-state index contributed by atoms with van der Waals surface area (Å²) in [7, 11) is 2.78. The molecule has 4 aromatic rings. The number of likely N-dealkylation sites (tertiary alicyclic amines) is 2. The highest BCUT2D eigenvalue weighted by atomic mass is 16.6. The van der Waals surface area contributed by atoms with E-state index >= 15 is 0 Å². The van der Waals surface area contributed by atoms with E-state index in [1.54, 1.807) is 0 Å². The Balaban J connectivity index is 0.796. The van der Waals surface area contributed by atoms with Crippen molar-refractivity contribution in [1.82, 2.24) is 40.4 Å². The van der Waals surface area contributed by atoms with E-state index in [9.17, 15) is 19.5 Å². The predicted molar refractivity (Wildman–Crippen MR) is 232 cm³/mol. The molecule has 62 heavy (non-hydrogen) atoms. The van der Waals surface area contributed by atoms with Crippen LogP contribution in [0.4, 0.5) is 4.79 Å². The quantitative estimate of drug-likeness (QED) is 0.0870. The molecular formula is C48H60N8O6. The Morgan fingerprint density at radius 1 is 0.677 bits per heavy atom. The van der Waals surface area contributed by atoms with Crippen LogP contribution in [-0.2, 0) is 19.1 Å². The van der Waals surface area contributed by atoms with Crippen LogP contribution in [-0.4, -0.2) is 97.6 Å². The lowest BCUT2D eigenvalue weighted by molar-refractivity contribution is -0.150. The van der Waals surface area contributed by atoms with Crippen molar-refractivity contribution >= 4 is 17.9 Å². The summed E-state index contributed by atoms with van der Waals surface area (Å²) in [6.07, 6.45) is 14.2. The van der Waals surface area contributed by atoms with Gasteiger partial charge >= 0.3 is 6.09 Å². The van der Waals surface area contributed by atoms with Gasteiger partial charge in [-0.15, -0.1) is 0 Å². The maximum absolute atomic E-state index is 14.2. The Morgan fingerprint density at radius 3 is 1.52 bits per heavy atom. The van der Waals surface area contributed by atoms with Gasteiger partial charge in [0.25, 0.3) is 0 Å². The van der Waals surface area contributed by atoms with E-state index in [-0.39, 0.29) is 47.8 Å². The first kappa shape index (κ1) is 41.0. The first-order valence-corrected chi connectivity index (χ1v) is 22.7. The molecule has 2 aromatic heterocycles. The first-order valence-electron chi connectivity index (χ1n) is 22.7. The number of carbonyl (C=O) groups is 3. The maximum Gasteiger partial charge on any atom is 0.407 e. The lowest BCUT2D eigenvalue weighted by atomic mass is 9.68. The number of aromatic amines is 2. The van der Waals surface area contributed by atoms with Crippen LogP contribution in [0.2, 0.25) is 0 Å². The highest BCUT2D eigenvalue weighted by molar-refractivity contribution is 5.87. The minimum absolute atomic E-state index is 0.00880. The van der Waals surface area contributed by atoms with Gasteiger partial charge in [0.1, 0.15) is 17.7 Å². The van der Waals surface area contributed by atoms with E-state index < -0.39 is 24.6 Å². The second-order valence-corrected chi connectivity index (χ2v) is 19.6. The van der Waals surface area contributed by atoms with E-state index in [1.807, 2.05) is 22.2 Å². The predicted octanol–water partition coefficient (Wildman–Crippen LogP) is 7.22. The molecule has 4 heterocycles. The fourth-order valence-corrected chi connectivity index (χ4v) is 11.5. The fraction of sp³-hybridized carbons (Fsp3) is 0.562. The minimum Gasteiger partial charge on any atom is -0.453 e. The zero-order chi connectivity index (χ0) is 42.9. The Kier molecular flexibility index (Phi) is 10.5. The number of aliphatic hydroxyl groups is 1. The number of hydrogen-bond acceptors (Lipinski definition) is 9. The number of aromatic nitrogens is 4. The van der Waals surface area contributed by atoms with Crippen molar-refractivity contribution in [3.8, 4) is 33.6 Å². The van der Waals surface area contributed by atoms with Crippen LogP contribution < -0.4 is 10.6 Å². The third-order valence-electron chi connectivity index (χ3n) is 15.6. The molecule has 0 bridgehead atoms. The molecule has 4 aliphatic carbocycles. The third-order valence-corrected chi connectivity index (χ3v) is 15.6. The Morgan fingerprint density at radius 2 is 1.10 bits per heavy atom. The summed E-state index contributed by atoms with van der Waals surface area (Å²) in [5.74, 6) is 1.80. The number of aliphatic hydroxyl groups excluding tert-OH is 1. The fourth-order valence-electron chi connectivity index (χ4n) is 11.5. The number of nitrogens with one attached hydrogen (secondary N) is 4. The monoisotopic (exact) mass is 844 g/mol. The van der Waals surface area contributed by atoms with Gasteiger partial charge in [-0.25, -0.2) is 14.8 Å². The number of alkyl carbamates (subject to hydrolysis) is 1. The van der Waals surface area contributed by atoms with Crippen LogP contribution in [0.5, 0.6) is 0 Å². The van der Waals surface area contributed by atoms with E-state index in [1.165, 1.54) is 39.9 Å². The van der Waals surface area contributed by atoms with E-state index in [0.29, 0.717) is 10.8 Å². The number of methoxy groups -OCH3 is 2. The standard InChI is InChI=1S/C48H60N8O6/c1-27-5-15-37(55(27)43(57)39(53-45(59)61-3)33-21-47(22-33)17-18-47)41-49-25-35(51-41)31-11-7-29(8-12-31)30-9-13-32(14-10-30)36-26-50-42(52-36)38-16-6-28(2)56(38)44(58)40(54-46(60)62-4)34-23-48(24-34)19-20-48/h7-14,25-28,33-34,37-40,45,53,59H,5-6,15-24H2,1-4H3,(H,49,51)(H,50,52)(H,54,60)/t27-,28-,37-,38-,39?,40?,45?/m0/s1. The number of imidazole rings is 2. The average Bonchev–Trinajstić information content (AvgIpc) is 3.97. The number of ether oxygens (including phenoxy) is 2. The Hall–Kier alpha value is -5.05. The van der Waals surface area contributed by atoms with Crippen molar-refractivity contribution in [3.05, 3.63) is 72.6 Å². The summed E-state index contributed by atoms with van der Waals surface area (Å²) in [6.45, 7) is 4.18. The Labute approximate surface area is 362 Å². The van der Waals surface area contributed by atoms with Crippen molar-refractivity contribution in [2.24, 2.45) is 22.7 Å². The van der Waals surface area contributed by atoms with Gasteiger partial charge in [0.2, 0.25) is 18.2 Å². The molecule has 14 heteroatoms. The molecule has 2 saturated heterocycles. The summed E-state index contributed by atoms with van der Waals surface area (Å²) in [4.78, 5) is 61.4. The van der Waals surface area contributed by atoms with Crippen LogP contribution in [0.15, 0.2) is 60.9 Å². The average molecular weight is 845 g/mol. The number of H-pyrrole nitrogens is 2. The molecule has 10 rings (SSSR count). The van der Waals surface area contributed by atoms with E-state index in [0.717, 1.165) is 96.7 Å². The van der Waals surface area contributed by atoms with Gasteiger partial charge in [-0.05, 0) is 136 Å². The van der Waals surface area contributed by atoms with Gasteiger partial charge in [-0.1, -0.05) is 48.5 Å². The topological polar surface area (TPSA) is 178 Å². The van der Waals surface area contributed by atoms with Crippen molar-refractivity contribution in [3.63, 3.8) is 0 Å². The zero-order valence-electron chi connectivity index (χ0n) is 36.2. The van der Waals surface area contributed by atoms with Crippen molar-refractivity contribution < 1.29 is 29.0 Å². The second kappa shape index (κ2) is 15.9. The van der Waals surface area contributed by atoms with Crippen LogP contribution in [0.25, 0.3) is 33.6 Å². The summed E-state index contributed by atoms with van der Waals surface area (Å²) >= 11 is 0. The molecule has 6 fully saturated rings. The molecule has 3 unspecified atom stereocenters. The summed E-state index contributed by atoms with van der Waals surface area (Å²) < 4.78 is 10.0. The molecule has 4 saturated carbocycles. The van der Waals surface area contributed by atoms with Gasteiger partial charge in [-0.2, -0.15) is 0 Å². The summed E-state index contributed by atoms with van der Waals surface area (Å²) in [6, 6.07) is 15.4. The van der Waals surface area contributed by atoms with Crippen molar-refractivity contribution in [2.75, 3.05) is 14.2 Å². The molecular weight excluding hydrogens is 785 g/mol. The molecule has 0 radical (unpaired) electrons. The molecule has 328 valence electrons. The molecule has 14 nitrogen and oxygen atoms in total. The second-order valence-electron chi connectivity index (χ2n) is 19.6. The molecule has 7 atom stereocenters. The van der Waals surface area contributed by atoms with Gasteiger partial charge < -0.3 is 39.7 Å². The number of amides is 3. The van der Waals surface area contributed by atoms with Crippen molar-refractivity contribution in [2.45, 2.75) is 134 Å². The van der Waals surface area contributed by atoms with Crippen LogP contribution >= 0.6 is 0 Å². The summed E-state index contributed by atoms with van der Waals surface area (Å²) in [5.41, 5.74) is 6.76. The molecule has 2 aromatic carbocycles. The zero-order valence-corrected chi connectivity index (χ0v) is 36.2. The molecule has 3 amide bonds. The van der Waals surface area contributed by atoms with Crippen molar-refractivity contribution in [1.29, 1.82) is 0 Å². The minimum atomic E-state index is -1.20. The molecule has 2 aliphatic heterocycles. The van der Waals surface area contributed by atoms with Crippen LogP contribution in [0.3, 0.4) is 0 Å². The van der Waals surface area contributed by atoms with E-state index in [2.05, 4.69) is 83.0 Å². The number of carbonyl (C=O) groups excluding carboxylic acids is 3. The lowest BCUT2D eigenvalue weighted by Gasteiger charge is -2.43. The normalized spacial score (nSPS) is 27.1. The maximum atomic E-state index is 14.2. The summed E-state index contributed by atoms with van der Waals surface area (Å²) in [5, 5.41) is 16.3. The number of nitrogens with zero attached hydrogens (tertiary/aromatic N) is 4. The molecule has 6 aliphatic rings. The van der Waals surface area contributed by atoms with E-state index in [4.69, 9.17) is 19.4 Å². The van der Waals surface area contributed by atoms with Gasteiger partial charge in [0.15, 0.2) is 0 Å². The largest absolute Gasteiger partial charge is 0.453 e. The highest BCUT2D eigenvalue weighted by Crippen LogP contribution is 2.65. The molecule has 2 spiro atoms. The highest BCUT2D eigenvalue weighted by Gasteiger charge is 2.58. The third kappa shape index (κ3) is 7.61. The van der Waals surface area contributed by atoms with Crippen LogP contribution in [0, 0.1) is 22.7 Å². The first-order chi connectivity index (χ1) is 30.0. The van der Waals surface area contributed by atoms with Gasteiger partial charge in [0, 0.05) is 19.2 Å². The van der Waals surface area contributed by atoms with Gasteiger partial charge in [-0.3, -0.25) is 14.9 Å². The molecule has 5 N–H and O–H groups in total. The number of benzene rings is 2. The van der Waals surface area contributed by atoms with Crippen LogP contribution in [0.1, 0.15) is 115 Å². The number of rotatable bonds is 13. The SMILES string of the molecule is COC(=O)NC(C(=O)N1[C@@H](C)CC[C@H]1c1ncc(-c2ccc(-c3ccc(-c4cnc([C@@H]5CC[C@H](C)N5C(=O)C(NC(O)OC)C5CC6(CC6)C5)[nH]4)cc3)cc2)[nH]1)C1CC2(CC2)C1. The smallest absolute Gasteiger partial charge is 0.407 e. The number of hydrogen-bond donors (Lipinski definition) is 5. The lowest BCUT2D eigenvalue weighted by Crippen LogP contribution is -2.57. The van der Waals surface area contributed by atoms with Gasteiger partial charge in [0.05, 0.1) is 49.0 Å².